The summed E-state index contributed by atoms with van der Waals surface area (Å²) < 4.78 is 27.3. The maximum Gasteiger partial charge on any atom is 0.242 e. The van der Waals surface area contributed by atoms with Crippen molar-refractivity contribution >= 4 is 32.7 Å². The smallest absolute Gasteiger partial charge is 0.242 e. The van der Waals surface area contributed by atoms with Crippen LogP contribution in [0.1, 0.15) is 20.3 Å². The van der Waals surface area contributed by atoms with E-state index in [1.54, 1.807) is 11.6 Å². The zero-order valence-corrected chi connectivity index (χ0v) is 14.0. The molecule has 2 N–H and O–H groups in total. The van der Waals surface area contributed by atoms with Gasteiger partial charge in [-0.2, -0.15) is 0 Å². The van der Waals surface area contributed by atoms with Gasteiger partial charge in [-0.15, -0.1) is 22.7 Å². The minimum Gasteiger partial charge on any atom is -0.315 e. The summed E-state index contributed by atoms with van der Waals surface area (Å²) in [6.45, 7) is 4.67. The van der Waals surface area contributed by atoms with Gasteiger partial charge in [-0.05, 0) is 27.0 Å². The average molecular weight is 331 g/mol. The maximum absolute atomic E-state index is 12.3. The molecule has 0 saturated heterocycles. The van der Waals surface area contributed by atoms with Crippen molar-refractivity contribution in [1.82, 2.24) is 15.0 Å². The Hall–Kier alpha value is -0.800. The fourth-order valence-corrected chi connectivity index (χ4v) is 5.24. The highest BCUT2D eigenvalue weighted by atomic mass is 32.2. The summed E-state index contributed by atoms with van der Waals surface area (Å²) in [6, 6.07) is 1.73. The second-order valence-electron chi connectivity index (χ2n) is 4.35. The van der Waals surface area contributed by atoms with Crippen LogP contribution in [-0.4, -0.2) is 20.4 Å². The van der Waals surface area contributed by atoms with Crippen LogP contribution >= 0.6 is 22.7 Å². The quantitative estimate of drug-likeness (QED) is 0.849. The molecule has 0 atom stereocenters. The fraction of sp³-hybridized carbons (Fsp3) is 0.417. The van der Waals surface area contributed by atoms with Gasteiger partial charge in [0.2, 0.25) is 10.0 Å². The zero-order valence-electron chi connectivity index (χ0n) is 11.6. The van der Waals surface area contributed by atoms with E-state index in [1.807, 2.05) is 20.9 Å². The number of hydrogen-bond acceptors (Lipinski definition) is 6. The van der Waals surface area contributed by atoms with Crippen molar-refractivity contribution in [2.24, 2.45) is 0 Å². The highest BCUT2D eigenvalue weighted by Gasteiger charge is 2.20. The zero-order chi connectivity index (χ0) is 14.8. The number of thiazole rings is 1. The highest BCUT2D eigenvalue weighted by Crippen LogP contribution is 2.26. The van der Waals surface area contributed by atoms with E-state index in [0.717, 1.165) is 20.3 Å². The Labute approximate surface area is 127 Å². The van der Waals surface area contributed by atoms with Gasteiger partial charge in [0.25, 0.3) is 0 Å². The van der Waals surface area contributed by atoms with Crippen molar-refractivity contribution in [2.45, 2.75) is 31.8 Å². The van der Waals surface area contributed by atoms with E-state index in [9.17, 15) is 8.42 Å². The van der Waals surface area contributed by atoms with Crippen LogP contribution in [0.2, 0.25) is 0 Å². The van der Waals surface area contributed by atoms with Crippen molar-refractivity contribution < 1.29 is 8.42 Å². The first-order valence-corrected chi connectivity index (χ1v) is 9.24. The molecule has 2 heterocycles. The second-order valence-corrected chi connectivity index (χ2v) is 8.36. The van der Waals surface area contributed by atoms with E-state index < -0.39 is 10.0 Å². The van der Waals surface area contributed by atoms with Gasteiger partial charge in [0, 0.05) is 27.7 Å². The molecular formula is C12H17N3O2S3. The molecule has 20 heavy (non-hydrogen) atoms. The summed E-state index contributed by atoms with van der Waals surface area (Å²) in [5.41, 5.74) is 2.59. The summed E-state index contributed by atoms with van der Waals surface area (Å²) >= 11 is 2.96. The summed E-state index contributed by atoms with van der Waals surface area (Å²) in [5, 5.41) is 3.03. The molecule has 0 aromatic carbocycles. The number of sulfonamides is 1. The first kappa shape index (κ1) is 15.6. The van der Waals surface area contributed by atoms with Crippen molar-refractivity contribution in [3.8, 4) is 0 Å². The first-order valence-electron chi connectivity index (χ1n) is 6.06. The van der Waals surface area contributed by atoms with E-state index in [-0.39, 0.29) is 6.54 Å². The van der Waals surface area contributed by atoms with Gasteiger partial charge in [-0.1, -0.05) is 0 Å². The van der Waals surface area contributed by atoms with Gasteiger partial charge in [-0.3, -0.25) is 0 Å². The van der Waals surface area contributed by atoms with Crippen LogP contribution in [0.3, 0.4) is 0 Å². The SMILES string of the molecule is CNCc1cc(S(=O)(=O)NCc2scnc2C)c(C)s1. The largest absolute Gasteiger partial charge is 0.315 e. The number of hydrogen-bond donors (Lipinski definition) is 2. The third-order valence-corrected chi connectivity index (χ3v) is 6.47. The van der Waals surface area contributed by atoms with Gasteiger partial charge < -0.3 is 5.32 Å². The third kappa shape index (κ3) is 3.44. The number of thiophene rings is 1. The average Bonchev–Trinajstić information content (AvgIpc) is 2.94. The van der Waals surface area contributed by atoms with Crippen LogP contribution in [0.15, 0.2) is 16.5 Å². The van der Waals surface area contributed by atoms with Gasteiger partial charge in [0.05, 0.1) is 16.1 Å². The van der Waals surface area contributed by atoms with E-state index in [1.165, 1.54) is 22.7 Å². The molecule has 8 heteroatoms. The molecule has 0 bridgehead atoms. The number of nitrogens with zero attached hydrogens (tertiary/aromatic N) is 1. The van der Waals surface area contributed by atoms with Crippen LogP contribution in [0, 0.1) is 13.8 Å². The minimum absolute atomic E-state index is 0.287. The number of nitrogens with one attached hydrogen (secondary N) is 2. The molecule has 2 aromatic rings. The molecule has 2 rings (SSSR count). The summed E-state index contributed by atoms with van der Waals surface area (Å²) in [4.78, 5) is 7.25. The standard InChI is InChI=1S/C12H17N3O2S3/c1-8-11(18-7-14-8)6-15-20(16,17)12-4-10(5-13-3)19-9(12)2/h4,7,13,15H,5-6H2,1-3H3. The number of aromatic nitrogens is 1. The molecule has 0 unspecified atom stereocenters. The Morgan fingerprint density at radius 1 is 1.30 bits per heavy atom. The van der Waals surface area contributed by atoms with E-state index >= 15 is 0 Å². The van der Waals surface area contributed by atoms with E-state index in [0.29, 0.717) is 11.4 Å². The Balaban J connectivity index is 2.16. The lowest BCUT2D eigenvalue weighted by Crippen LogP contribution is -2.23. The van der Waals surface area contributed by atoms with Crippen molar-refractivity contribution in [3.05, 3.63) is 31.9 Å². The maximum atomic E-state index is 12.3. The Kier molecular flexibility index (Phi) is 4.92. The summed E-state index contributed by atoms with van der Waals surface area (Å²) in [6.07, 6.45) is 0. The molecule has 0 radical (unpaired) electrons. The molecule has 0 saturated carbocycles. The predicted molar refractivity (Wildman–Crippen MR) is 82.7 cm³/mol. The van der Waals surface area contributed by atoms with Crippen LogP contribution in [0.4, 0.5) is 0 Å². The molecule has 0 spiro atoms. The number of rotatable bonds is 6. The normalized spacial score (nSPS) is 11.9. The van der Waals surface area contributed by atoms with E-state index in [2.05, 4.69) is 15.0 Å². The molecule has 5 nitrogen and oxygen atoms in total. The third-order valence-electron chi connectivity index (χ3n) is 2.83. The van der Waals surface area contributed by atoms with Gasteiger partial charge in [-0.25, -0.2) is 18.1 Å². The van der Waals surface area contributed by atoms with Gasteiger partial charge in [0.15, 0.2) is 0 Å². The molecule has 0 aliphatic heterocycles. The van der Waals surface area contributed by atoms with Crippen molar-refractivity contribution in [3.63, 3.8) is 0 Å². The monoisotopic (exact) mass is 331 g/mol. The molecular weight excluding hydrogens is 314 g/mol. The summed E-state index contributed by atoms with van der Waals surface area (Å²) in [7, 11) is -1.63. The molecule has 110 valence electrons. The second kappa shape index (κ2) is 6.31. The molecule has 0 aliphatic carbocycles. The lowest BCUT2D eigenvalue weighted by molar-refractivity contribution is 0.581. The molecule has 2 aromatic heterocycles. The number of aryl methyl sites for hydroxylation is 2. The van der Waals surface area contributed by atoms with E-state index in [4.69, 9.17) is 0 Å². The minimum atomic E-state index is -3.47. The summed E-state index contributed by atoms with van der Waals surface area (Å²) in [5.74, 6) is 0. The lowest BCUT2D eigenvalue weighted by Gasteiger charge is -2.05. The van der Waals surface area contributed by atoms with Crippen LogP contribution < -0.4 is 10.0 Å². The van der Waals surface area contributed by atoms with Gasteiger partial charge >= 0.3 is 0 Å². The van der Waals surface area contributed by atoms with Gasteiger partial charge in [0.1, 0.15) is 0 Å². The topological polar surface area (TPSA) is 71.1 Å². The Morgan fingerprint density at radius 3 is 2.65 bits per heavy atom. The van der Waals surface area contributed by atoms with Crippen LogP contribution in [0.25, 0.3) is 0 Å². The first-order chi connectivity index (χ1) is 9.44. The fourth-order valence-electron chi connectivity index (χ4n) is 1.79. The Bertz CT molecular complexity index is 689. The highest BCUT2D eigenvalue weighted by molar-refractivity contribution is 7.89. The predicted octanol–water partition coefficient (Wildman–Crippen LogP) is 2.02. The molecule has 0 amide bonds. The van der Waals surface area contributed by atoms with Crippen LogP contribution in [0.5, 0.6) is 0 Å². The molecule has 0 fully saturated rings. The lowest BCUT2D eigenvalue weighted by atomic mass is 10.4. The van der Waals surface area contributed by atoms with Crippen molar-refractivity contribution in [2.75, 3.05) is 7.05 Å². The van der Waals surface area contributed by atoms with Crippen LogP contribution in [-0.2, 0) is 23.1 Å². The molecule has 0 aliphatic rings. The van der Waals surface area contributed by atoms with Crippen molar-refractivity contribution in [1.29, 1.82) is 0 Å². The Morgan fingerprint density at radius 2 is 2.05 bits per heavy atom.